The Hall–Kier alpha value is -3.79. The van der Waals surface area contributed by atoms with E-state index in [1.807, 2.05) is 41.5 Å². The molecule has 2 aliphatic rings. The normalized spacial score (nSPS) is 16.2. The molecule has 0 spiro atoms. The number of aromatic nitrogens is 3. The summed E-state index contributed by atoms with van der Waals surface area (Å²) in [4.78, 5) is 36.9. The van der Waals surface area contributed by atoms with Crippen LogP contribution < -0.4 is 9.64 Å². The lowest BCUT2D eigenvalue weighted by Crippen LogP contribution is -2.39. The fourth-order valence-electron chi connectivity index (χ4n) is 6.03. The van der Waals surface area contributed by atoms with E-state index in [2.05, 4.69) is 11.1 Å². The Balaban J connectivity index is 1.35. The molecule has 6 rings (SSSR count). The van der Waals surface area contributed by atoms with Crippen molar-refractivity contribution in [2.24, 2.45) is 18.9 Å². The number of alkyl halides is 1. The van der Waals surface area contributed by atoms with Crippen molar-refractivity contribution >= 4 is 39.4 Å². The van der Waals surface area contributed by atoms with Crippen molar-refractivity contribution in [2.75, 3.05) is 11.8 Å². The van der Waals surface area contributed by atoms with E-state index >= 15 is 0 Å². The molecule has 2 aliphatic carbocycles. The van der Waals surface area contributed by atoms with Crippen LogP contribution in [0.2, 0.25) is 0 Å². The summed E-state index contributed by atoms with van der Waals surface area (Å²) in [6.45, 7) is -0.950. The van der Waals surface area contributed by atoms with Gasteiger partial charge in [-0.2, -0.15) is 0 Å². The van der Waals surface area contributed by atoms with Crippen LogP contribution in [-0.4, -0.2) is 44.4 Å². The van der Waals surface area contributed by atoms with Gasteiger partial charge in [0.1, 0.15) is 11.4 Å². The van der Waals surface area contributed by atoms with Crippen molar-refractivity contribution in [3.8, 4) is 28.1 Å². The van der Waals surface area contributed by atoms with E-state index < -0.39 is 18.7 Å². The number of thiazole rings is 1. The zero-order valence-electron chi connectivity index (χ0n) is 23.0. The van der Waals surface area contributed by atoms with Gasteiger partial charge >= 0.3 is 5.97 Å². The van der Waals surface area contributed by atoms with Gasteiger partial charge in [-0.15, -0.1) is 11.3 Å². The standard InChI is InChI=1S/C31H33FN4O4S/c1-35-11-10-20-13-22(16-33-29(20)35)25-9-8-24(40-18-32)15-26(25)27-17-41-31(34-27)36(23-6-7-23)30(39)21(14-28(37)38)12-19-4-2-3-5-19/h8-11,13,15-17,19,21,23H,2-7,12,14,18H2,1H3,(H,37,38)/t21-/m1/s1. The Morgan fingerprint density at radius 1 is 1.17 bits per heavy atom. The highest BCUT2D eigenvalue weighted by Crippen LogP contribution is 2.41. The number of pyridine rings is 1. The number of ether oxygens (including phenoxy) is 1. The average molecular weight is 577 g/mol. The molecule has 1 N–H and O–H groups in total. The second-order valence-corrected chi connectivity index (χ2v) is 12.0. The summed E-state index contributed by atoms with van der Waals surface area (Å²) >= 11 is 1.37. The maximum absolute atomic E-state index is 13.9. The highest BCUT2D eigenvalue weighted by Gasteiger charge is 2.40. The van der Waals surface area contributed by atoms with Crippen LogP contribution in [0, 0.1) is 11.8 Å². The van der Waals surface area contributed by atoms with Gasteiger partial charge < -0.3 is 14.4 Å². The molecule has 1 atom stereocenters. The molecule has 214 valence electrons. The molecule has 2 saturated carbocycles. The molecule has 3 aromatic heterocycles. The highest BCUT2D eigenvalue weighted by atomic mass is 32.1. The SMILES string of the molecule is Cn1ccc2cc(-c3ccc(OCF)cc3-c3csc(N(C(=O)[C@@H](CC(=O)O)CC4CCCC4)C4CC4)n3)cnc21. The van der Waals surface area contributed by atoms with Gasteiger partial charge in [0.2, 0.25) is 12.8 Å². The number of carbonyl (C=O) groups excluding carboxylic acids is 1. The van der Waals surface area contributed by atoms with Gasteiger partial charge in [-0.1, -0.05) is 25.7 Å². The number of anilines is 1. The number of aryl methyl sites for hydroxylation is 1. The van der Waals surface area contributed by atoms with E-state index in [9.17, 15) is 19.1 Å². The average Bonchev–Trinajstić information content (AvgIpc) is 3.30. The Morgan fingerprint density at radius 3 is 2.71 bits per heavy atom. The van der Waals surface area contributed by atoms with Gasteiger partial charge in [-0.3, -0.25) is 14.5 Å². The molecule has 0 unspecified atom stereocenters. The molecular formula is C31H33FN4O4S. The van der Waals surface area contributed by atoms with Gasteiger partial charge in [0.05, 0.1) is 12.1 Å². The molecule has 3 heterocycles. The van der Waals surface area contributed by atoms with Crippen LogP contribution in [0.5, 0.6) is 5.75 Å². The Kier molecular flexibility index (Phi) is 7.75. The van der Waals surface area contributed by atoms with Crippen LogP contribution in [0.3, 0.4) is 0 Å². The monoisotopic (exact) mass is 576 g/mol. The van der Waals surface area contributed by atoms with Crippen molar-refractivity contribution in [3.63, 3.8) is 0 Å². The number of benzene rings is 1. The number of carbonyl (C=O) groups is 2. The van der Waals surface area contributed by atoms with E-state index in [4.69, 9.17) is 9.72 Å². The van der Waals surface area contributed by atoms with Crippen LogP contribution >= 0.6 is 11.3 Å². The van der Waals surface area contributed by atoms with E-state index in [1.54, 1.807) is 17.0 Å². The van der Waals surface area contributed by atoms with Crippen LogP contribution in [0.15, 0.2) is 48.1 Å². The quantitative estimate of drug-likeness (QED) is 0.210. The first-order valence-corrected chi connectivity index (χ1v) is 15.0. The first-order valence-electron chi connectivity index (χ1n) is 14.2. The van der Waals surface area contributed by atoms with Gasteiger partial charge in [0.15, 0.2) is 5.13 Å². The fourth-order valence-corrected chi connectivity index (χ4v) is 6.93. The minimum atomic E-state index is -0.950. The number of halogens is 1. The number of carboxylic acid groups (broad SMARTS) is 1. The summed E-state index contributed by atoms with van der Waals surface area (Å²) in [5, 5.41) is 13.1. The minimum Gasteiger partial charge on any atom is -0.481 e. The number of aliphatic carboxylic acids is 1. The molecule has 1 aromatic carbocycles. The molecule has 0 bridgehead atoms. The van der Waals surface area contributed by atoms with Crippen molar-refractivity contribution in [3.05, 3.63) is 48.1 Å². The smallest absolute Gasteiger partial charge is 0.304 e. The van der Waals surface area contributed by atoms with Gasteiger partial charge in [-0.05, 0) is 61.1 Å². The Labute approximate surface area is 241 Å². The van der Waals surface area contributed by atoms with E-state index in [0.29, 0.717) is 28.9 Å². The molecule has 10 heteroatoms. The zero-order chi connectivity index (χ0) is 28.5. The molecular weight excluding hydrogens is 543 g/mol. The second-order valence-electron chi connectivity index (χ2n) is 11.2. The lowest BCUT2D eigenvalue weighted by atomic mass is 9.90. The van der Waals surface area contributed by atoms with Crippen molar-refractivity contribution in [1.29, 1.82) is 0 Å². The number of hydrogen-bond donors (Lipinski definition) is 1. The topological polar surface area (TPSA) is 97.5 Å². The van der Waals surface area contributed by atoms with Gasteiger partial charge in [0, 0.05) is 53.3 Å². The predicted octanol–water partition coefficient (Wildman–Crippen LogP) is 6.84. The summed E-state index contributed by atoms with van der Waals surface area (Å²) in [7, 11) is 1.95. The first-order chi connectivity index (χ1) is 19.9. The molecule has 41 heavy (non-hydrogen) atoms. The third-order valence-corrected chi connectivity index (χ3v) is 9.06. The molecule has 2 fully saturated rings. The van der Waals surface area contributed by atoms with Crippen LogP contribution in [0.4, 0.5) is 9.52 Å². The van der Waals surface area contributed by atoms with Crippen molar-refractivity contribution in [1.82, 2.24) is 14.5 Å². The molecule has 0 radical (unpaired) electrons. The van der Waals surface area contributed by atoms with Gasteiger partial charge in [-0.25, -0.2) is 14.4 Å². The Bertz CT molecular complexity index is 1570. The maximum Gasteiger partial charge on any atom is 0.304 e. The Morgan fingerprint density at radius 2 is 1.98 bits per heavy atom. The predicted molar refractivity (Wildman–Crippen MR) is 157 cm³/mol. The molecule has 0 aliphatic heterocycles. The summed E-state index contributed by atoms with van der Waals surface area (Å²) in [6.07, 6.45) is 10.3. The van der Waals surface area contributed by atoms with Crippen LogP contribution in [-0.2, 0) is 16.6 Å². The summed E-state index contributed by atoms with van der Waals surface area (Å²) < 4.78 is 20.2. The van der Waals surface area contributed by atoms with Crippen molar-refractivity contribution < 1.29 is 23.8 Å². The number of fused-ring (bicyclic) bond motifs is 1. The van der Waals surface area contributed by atoms with E-state index in [-0.39, 0.29) is 18.4 Å². The highest BCUT2D eigenvalue weighted by molar-refractivity contribution is 7.14. The summed E-state index contributed by atoms with van der Waals surface area (Å²) in [5.74, 6) is -0.884. The number of hydrogen-bond acceptors (Lipinski definition) is 6. The maximum atomic E-state index is 13.9. The molecule has 0 saturated heterocycles. The van der Waals surface area contributed by atoms with E-state index in [1.165, 1.54) is 11.3 Å². The molecule has 8 nitrogen and oxygen atoms in total. The van der Waals surface area contributed by atoms with Crippen LogP contribution in [0.25, 0.3) is 33.4 Å². The number of carboxylic acids is 1. The zero-order valence-corrected chi connectivity index (χ0v) is 23.8. The van der Waals surface area contributed by atoms with Crippen LogP contribution in [0.1, 0.15) is 51.4 Å². The lowest BCUT2D eigenvalue weighted by molar-refractivity contribution is -0.141. The first kappa shape index (κ1) is 27.4. The van der Waals surface area contributed by atoms with Gasteiger partial charge in [0.25, 0.3) is 0 Å². The third-order valence-electron chi connectivity index (χ3n) is 8.22. The molecule has 4 aromatic rings. The summed E-state index contributed by atoms with van der Waals surface area (Å²) in [5.41, 5.74) is 4.00. The summed E-state index contributed by atoms with van der Waals surface area (Å²) in [6, 6.07) is 9.46. The number of rotatable bonds is 11. The number of nitrogens with zero attached hydrogens (tertiary/aromatic N) is 4. The van der Waals surface area contributed by atoms with E-state index in [0.717, 1.165) is 66.2 Å². The lowest BCUT2D eigenvalue weighted by Gasteiger charge is -2.26. The number of amides is 1. The fraction of sp³-hybridized carbons (Fsp3) is 0.419. The minimum absolute atomic E-state index is 0.0340. The molecule has 1 amide bonds. The largest absolute Gasteiger partial charge is 0.481 e. The van der Waals surface area contributed by atoms with Crippen molar-refractivity contribution in [2.45, 2.75) is 57.4 Å². The third kappa shape index (κ3) is 5.84. The second kappa shape index (κ2) is 11.6.